The van der Waals surface area contributed by atoms with Crippen molar-refractivity contribution in [3.05, 3.63) is 53.3 Å². The zero-order valence-corrected chi connectivity index (χ0v) is 11.6. The second-order valence-corrected chi connectivity index (χ2v) is 4.60. The Morgan fingerprint density at radius 2 is 1.85 bits per heavy atom. The van der Waals surface area contributed by atoms with Crippen LogP contribution in [0.1, 0.15) is 6.42 Å². The van der Waals surface area contributed by atoms with Crippen molar-refractivity contribution in [1.82, 2.24) is 0 Å². The number of ether oxygens (including phenoxy) is 2. The summed E-state index contributed by atoms with van der Waals surface area (Å²) in [7, 11) is 0. The molecule has 0 unspecified atom stereocenters. The number of nitrogens with two attached hydrogens (primary N) is 1. The largest absolute Gasteiger partial charge is 0.493 e. The molecule has 0 aliphatic heterocycles. The Kier molecular flexibility index (Phi) is 5.07. The van der Waals surface area contributed by atoms with E-state index in [4.69, 9.17) is 26.8 Å². The molecule has 2 aromatic rings. The first-order valence-electron chi connectivity index (χ1n) is 6.21. The van der Waals surface area contributed by atoms with Gasteiger partial charge in [0.1, 0.15) is 17.3 Å². The number of hydrogen-bond acceptors (Lipinski definition) is 3. The van der Waals surface area contributed by atoms with Gasteiger partial charge >= 0.3 is 0 Å². The van der Waals surface area contributed by atoms with Gasteiger partial charge in [-0.2, -0.15) is 0 Å². The predicted molar refractivity (Wildman–Crippen MR) is 77.9 cm³/mol. The van der Waals surface area contributed by atoms with Gasteiger partial charge in [-0.15, -0.1) is 0 Å². The molecule has 0 aliphatic rings. The quantitative estimate of drug-likeness (QED) is 0.649. The lowest BCUT2D eigenvalue weighted by Gasteiger charge is -2.09. The molecule has 0 fully saturated rings. The molecule has 2 N–H and O–H groups in total. The van der Waals surface area contributed by atoms with Crippen molar-refractivity contribution in [2.24, 2.45) is 0 Å². The Balaban J connectivity index is 1.71. The van der Waals surface area contributed by atoms with Crippen molar-refractivity contribution in [2.45, 2.75) is 6.42 Å². The molecule has 3 nitrogen and oxygen atoms in total. The van der Waals surface area contributed by atoms with Gasteiger partial charge in [-0.3, -0.25) is 0 Å². The molecule has 0 aromatic heterocycles. The zero-order valence-electron chi connectivity index (χ0n) is 10.8. The fraction of sp³-hybridized carbons (Fsp3) is 0.200. The molecule has 0 spiro atoms. The van der Waals surface area contributed by atoms with Crippen LogP contribution in [0.2, 0.25) is 5.02 Å². The van der Waals surface area contributed by atoms with Crippen LogP contribution in [-0.4, -0.2) is 13.2 Å². The van der Waals surface area contributed by atoms with Crippen molar-refractivity contribution < 1.29 is 13.9 Å². The van der Waals surface area contributed by atoms with Gasteiger partial charge in [0.2, 0.25) is 0 Å². The highest BCUT2D eigenvalue weighted by Crippen LogP contribution is 2.24. The van der Waals surface area contributed by atoms with Gasteiger partial charge in [-0.05, 0) is 30.3 Å². The number of benzene rings is 2. The van der Waals surface area contributed by atoms with Gasteiger partial charge in [0.05, 0.1) is 18.2 Å². The standard InChI is InChI=1S/C15H15ClFNO2/c16-14-9-11(17)5-6-15(14)20-8-2-7-19-13-4-1-3-12(18)10-13/h1,3-6,9-10H,2,7-8,18H2. The summed E-state index contributed by atoms with van der Waals surface area (Å²) in [6, 6.07) is 11.3. The zero-order chi connectivity index (χ0) is 14.4. The van der Waals surface area contributed by atoms with Crippen LogP contribution in [0.4, 0.5) is 10.1 Å². The van der Waals surface area contributed by atoms with Crippen molar-refractivity contribution >= 4 is 17.3 Å². The summed E-state index contributed by atoms with van der Waals surface area (Å²) in [6.45, 7) is 0.940. The molecule has 2 aromatic carbocycles. The minimum absolute atomic E-state index is 0.266. The molecule has 20 heavy (non-hydrogen) atoms. The number of anilines is 1. The molecule has 0 heterocycles. The SMILES string of the molecule is Nc1cccc(OCCCOc2ccc(F)cc2Cl)c1. The third-order valence-corrected chi connectivity index (χ3v) is 2.86. The summed E-state index contributed by atoms with van der Waals surface area (Å²) in [4.78, 5) is 0. The van der Waals surface area contributed by atoms with Gasteiger partial charge in [0.15, 0.2) is 0 Å². The topological polar surface area (TPSA) is 44.5 Å². The highest BCUT2D eigenvalue weighted by atomic mass is 35.5. The summed E-state index contributed by atoms with van der Waals surface area (Å²) in [5.41, 5.74) is 6.31. The maximum absolute atomic E-state index is 12.8. The molecule has 0 amide bonds. The first kappa shape index (κ1) is 14.5. The Hall–Kier alpha value is -1.94. The van der Waals surface area contributed by atoms with Crippen molar-refractivity contribution in [3.8, 4) is 11.5 Å². The summed E-state index contributed by atoms with van der Waals surface area (Å²) in [5, 5.41) is 0.266. The van der Waals surface area contributed by atoms with Crippen LogP contribution < -0.4 is 15.2 Å². The molecule has 2 rings (SSSR count). The van der Waals surface area contributed by atoms with Crippen molar-refractivity contribution in [2.75, 3.05) is 18.9 Å². The van der Waals surface area contributed by atoms with Crippen molar-refractivity contribution in [3.63, 3.8) is 0 Å². The van der Waals surface area contributed by atoms with E-state index in [1.54, 1.807) is 12.1 Å². The molecule has 5 heteroatoms. The lowest BCUT2D eigenvalue weighted by atomic mass is 10.3. The monoisotopic (exact) mass is 295 g/mol. The molecule has 106 valence electrons. The van der Waals surface area contributed by atoms with Gasteiger partial charge in [-0.25, -0.2) is 4.39 Å². The molecule has 0 atom stereocenters. The van der Waals surface area contributed by atoms with Gasteiger partial charge in [0.25, 0.3) is 0 Å². The van der Waals surface area contributed by atoms with E-state index in [9.17, 15) is 4.39 Å². The third-order valence-electron chi connectivity index (χ3n) is 2.57. The van der Waals surface area contributed by atoms with Crippen LogP contribution in [0.15, 0.2) is 42.5 Å². The van der Waals surface area contributed by atoms with Gasteiger partial charge in [-0.1, -0.05) is 17.7 Å². The van der Waals surface area contributed by atoms with E-state index >= 15 is 0 Å². The molecule has 0 saturated carbocycles. The maximum Gasteiger partial charge on any atom is 0.138 e. The average molecular weight is 296 g/mol. The van der Waals surface area contributed by atoms with E-state index in [0.29, 0.717) is 31.1 Å². The van der Waals surface area contributed by atoms with Crippen LogP contribution in [0.25, 0.3) is 0 Å². The first-order chi connectivity index (χ1) is 9.65. The molecule has 0 bridgehead atoms. The second-order valence-electron chi connectivity index (χ2n) is 4.20. The second kappa shape index (κ2) is 7.01. The smallest absolute Gasteiger partial charge is 0.138 e. The predicted octanol–water partition coefficient (Wildman–Crippen LogP) is 3.91. The van der Waals surface area contributed by atoms with Crippen LogP contribution >= 0.6 is 11.6 Å². The summed E-state index contributed by atoms with van der Waals surface area (Å²) in [6.07, 6.45) is 0.683. The van der Waals surface area contributed by atoms with Gasteiger partial charge in [0, 0.05) is 18.2 Å². The minimum Gasteiger partial charge on any atom is -0.493 e. The number of halogens is 2. The third kappa shape index (κ3) is 4.31. The minimum atomic E-state index is -0.382. The van der Waals surface area contributed by atoms with E-state index < -0.39 is 0 Å². The van der Waals surface area contributed by atoms with Crippen LogP contribution in [-0.2, 0) is 0 Å². The molecule has 0 saturated heterocycles. The molecule has 0 aliphatic carbocycles. The highest BCUT2D eigenvalue weighted by Gasteiger charge is 2.02. The van der Waals surface area contributed by atoms with E-state index in [1.165, 1.54) is 18.2 Å². The lowest BCUT2D eigenvalue weighted by molar-refractivity contribution is 0.247. The van der Waals surface area contributed by atoms with Gasteiger partial charge < -0.3 is 15.2 Å². The summed E-state index contributed by atoms with van der Waals surface area (Å²) in [5.74, 6) is 0.814. The molecular weight excluding hydrogens is 281 g/mol. The van der Waals surface area contributed by atoms with E-state index in [0.717, 1.165) is 5.75 Å². The van der Waals surface area contributed by atoms with Crippen LogP contribution in [0.3, 0.4) is 0 Å². The number of rotatable bonds is 6. The number of hydrogen-bond donors (Lipinski definition) is 1. The Labute approximate surface area is 122 Å². The normalized spacial score (nSPS) is 10.3. The van der Waals surface area contributed by atoms with Crippen LogP contribution in [0.5, 0.6) is 11.5 Å². The Morgan fingerprint density at radius 3 is 2.60 bits per heavy atom. The van der Waals surface area contributed by atoms with E-state index in [1.807, 2.05) is 12.1 Å². The summed E-state index contributed by atoms with van der Waals surface area (Å²) < 4.78 is 23.8. The molecular formula is C15H15ClFNO2. The lowest BCUT2D eigenvalue weighted by Crippen LogP contribution is -2.05. The number of nitrogen functional groups attached to an aromatic ring is 1. The Morgan fingerprint density at radius 1 is 1.05 bits per heavy atom. The highest BCUT2D eigenvalue weighted by molar-refractivity contribution is 6.32. The van der Waals surface area contributed by atoms with Crippen LogP contribution in [0, 0.1) is 5.82 Å². The Bertz CT molecular complexity index is 578. The van der Waals surface area contributed by atoms with Crippen molar-refractivity contribution in [1.29, 1.82) is 0 Å². The first-order valence-corrected chi connectivity index (χ1v) is 6.59. The fourth-order valence-corrected chi connectivity index (χ4v) is 1.85. The maximum atomic E-state index is 12.8. The summed E-state index contributed by atoms with van der Waals surface area (Å²) >= 11 is 5.85. The van der Waals surface area contributed by atoms with E-state index in [-0.39, 0.29) is 10.8 Å². The molecule has 0 radical (unpaired) electrons. The fourth-order valence-electron chi connectivity index (χ4n) is 1.63. The van der Waals surface area contributed by atoms with E-state index in [2.05, 4.69) is 0 Å². The average Bonchev–Trinajstić information content (AvgIpc) is 2.41.